The van der Waals surface area contributed by atoms with Gasteiger partial charge >= 0.3 is 18.3 Å². The van der Waals surface area contributed by atoms with Crippen LogP contribution in [0.25, 0.3) is 0 Å². The quantitative estimate of drug-likeness (QED) is 0.615. The van der Waals surface area contributed by atoms with Gasteiger partial charge in [-0.3, -0.25) is 4.79 Å². The molecule has 0 aliphatic heterocycles. The third kappa shape index (κ3) is 4.84. The van der Waals surface area contributed by atoms with E-state index in [9.17, 15) is 35.9 Å². The summed E-state index contributed by atoms with van der Waals surface area (Å²) in [4.78, 5) is 22.9. The van der Waals surface area contributed by atoms with Crippen LogP contribution in [-0.2, 0) is 9.53 Å². The highest BCUT2D eigenvalue weighted by molar-refractivity contribution is 5.93. The number of nitrogens with one attached hydrogen (secondary N) is 1. The van der Waals surface area contributed by atoms with E-state index in [1.165, 1.54) is 0 Å². The number of esters is 1. The number of alkyl halides is 6. The topological polar surface area (TPSA) is 75.6 Å². The first-order chi connectivity index (χ1) is 11.3. The van der Waals surface area contributed by atoms with Gasteiger partial charge in [-0.15, -0.1) is 0 Å². The number of carbonyl (C=O) groups is 2. The minimum Gasteiger partial charge on any atom is -0.462 e. The number of aliphatic hydroxyl groups is 1. The van der Waals surface area contributed by atoms with E-state index >= 15 is 0 Å². The van der Waals surface area contributed by atoms with Gasteiger partial charge < -0.3 is 15.2 Å². The Bertz CT molecular complexity index is 610. The number of hydrogen-bond donors (Lipinski definition) is 2. The SMILES string of the molecule is CCOC(=O)c1ccc(NC(=O)CC(O)(C(F)(F)F)C(F)(F)F)cc1. The average Bonchev–Trinajstić information content (AvgIpc) is 2.45. The molecule has 0 aliphatic carbocycles. The van der Waals surface area contributed by atoms with Crippen molar-refractivity contribution in [2.45, 2.75) is 31.3 Å². The van der Waals surface area contributed by atoms with Crippen LogP contribution in [0, 0.1) is 0 Å². The lowest BCUT2D eigenvalue weighted by atomic mass is 9.97. The van der Waals surface area contributed by atoms with Crippen molar-refractivity contribution in [3.63, 3.8) is 0 Å². The van der Waals surface area contributed by atoms with Crippen molar-refractivity contribution in [2.75, 3.05) is 11.9 Å². The monoisotopic (exact) mass is 373 g/mol. The Morgan fingerprint density at radius 3 is 1.92 bits per heavy atom. The van der Waals surface area contributed by atoms with Gasteiger partial charge in [0.1, 0.15) is 0 Å². The van der Waals surface area contributed by atoms with Gasteiger partial charge in [-0.25, -0.2) is 4.79 Å². The lowest BCUT2D eigenvalue weighted by Gasteiger charge is -2.31. The summed E-state index contributed by atoms with van der Waals surface area (Å²) >= 11 is 0. The van der Waals surface area contributed by atoms with Crippen LogP contribution in [0.1, 0.15) is 23.7 Å². The molecular formula is C14H13F6NO4. The third-order valence-electron chi connectivity index (χ3n) is 3.03. The average molecular weight is 373 g/mol. The first kappa shape index (κ1) is 20.7. The normalized spacial score (nSPS) is 12.6. The number of ether oxygens (including phenoxy) is 1. The molecule has 1 rings (SSSR count). The van der Waals surface area contributed by atoms with Gasteiger partial charge in [0, 0.05) is 5.69 Å². The minimum atomic E-state index is -6.09. The van der Waals surface area contributed by atoms with E-state index in [1.54, 1.807) is 12.2 Å². The molecule has 0 saturated carbocycles. The van der Waals surface area contributed by atoms with E-state index in [4.69, 9.17) is 5.11 Å². The van der Waals surface area contributed by atoms with Gasteiger partial charge in [0.15, 0.2) is 0 Å². The van der Waals surface area contributed by atoms with Crippen molar-refractivity contribution in [1.29, 1.82) is 0 Å². The van der Waals surface area contributed by atoms with Gasteiger partial charge in [-0.2, -0.15) is 26.3 Å². The number of amides is 1. The summed E-state index contributed by atoms with van der Waals surface area (Å²) in [6.07, 6.45) is -14.4. The van der Waals surface area contributed by atoms with Crippen molar-refractivity contribution in [3.05, 3.63) is 29.8 Å². The molecule has 11 heteroatoms. The summed E-state index contributed by atoms with van der Waals surface area (Å²) < 4.78 is 79.8. The highest BCUT2D eigenvalue weighted by Crippen LogP contribution is 2.45. The first-order valence-electron chi connectivity index (χ1n) is 6.74. The van der Waals surface area contributed by atoms with Crippen LogP contribution in [0.2, 0.25) is 0 Å². The molecule has 0 radical (unpaired) electrons. The molecule has 0 heterocycles. The molecule has 140 valence electrons. The maximum absolute atomic E-state index is 12.5. The summed E-state index contributed by atoms with van der Waals surface area (Å²) in [5.41, 5.74) is -5.26. The zero-order valence-corrected chi connectivity index (χ0v) is 12.7. The fraction of sp³-hybridized carbons (Fsp3) is 0.429. The zero-order chi connectivity index (χ0) is 19.5. The van der Waals surface area contributed by atoms with Crippen LogP contribution >= 0.6 is 0 Å². The standard InChI is InChI=1S/C14H13F6NO4/c1-2-25-11(23)8-3-5-9(6-4-8)21-10(22)7-12(24,13(15,16)17)14(18,19)20/h3-6,24H,2,7H2,1H3,(H,21,22). The highest BCUT2D eigenvalue weighted by Gasteiger charge is 2.71. The summed E-state index contributed by atoms with van der Waals surface area (Å²) in [7, 11) is 0. The van der Waals surface area contributed by atoms with E-state index in [-0.39, 0.29) is 17.9 Å². The van der Waals surface area contributed by atoms with E-state index in [1.807, 2.05) is 0 Å². The third-order valence-corrected chi connectivity index (χ3v) is 3.03. The van der Waals surface area contributed by atoms with Crippen molar-refractivity contribution < 1.29 is 45.8 Å². The van der Waals surface area contributed by atoms with Gasteiger partial charge in [0.2, 0.25) is 5.91 Å². The van der Waals surface area contributed by atoms with Crippen LogP contribution in [0.15, 0.2) is 24.3 Å². The second-order valence-corrected chi connectivity index (χ2v) is 4.88. The zero-order valence-electron chi connectivity index (χ0n) is 12.7. The van der Waals surface area contributed by atoms with Crippen LogP contribution < -0.4 is 5.32 Å². The Morgan fingerprint density at radius 1 is 1.04 bits per heavy atom. The Kier molecular flexibility index (Phi) is 6.05. The number of benzene rings is 1. The Morgan fingerprint density at radius 2 is 1.52 bits per heavy atom. The molecule has 0 aliphatic rings. The van der Waals surface area contributed by atoms with E-state index in [0.29, 0.717) is 0 Å². The Balaban J connectivity index is 2.87. The molecule has 0 unspecified atom stereocenters. The number of carbonyl (C=O) groups excluding carboxylic acids is 2. The predicted octanol–water partition coefficient (Wildman–Crippen LogP) is 3.05. The summed E-state index contributed by atoms with van der Waals surface area (Å²) in [5.74, 6) is -2.40. The van der Waals surface area contributed by atoms with Crippen LogP contribution in [0.3, 0.4) is 0 Å². The Hall–Kier alpha value is -2.30. The molecular weight excluding hydrogens is 360 g/mol. The van der Waals surface area contributed by atoms with Gasteiger partial charge in [-0.1, -0.05) is 0 Å². The second kappa shape index (κ2) is 7.30. The molecule has 1 amide bonds. The second-order valence-electron chi connectivity index (χ2n) is 4.88. The largest absolute Gasteiger partial charge is 0.462 e. The van der Waals surface area contributed by atoms with Gasteiger partial charge in [0.25, 0.3) is 5.60 Å². The molecule has 0 saturated heterocycles. The molecule has 0 spiro atoms. The molecule has 0 atom stereocenters. The van der Waals surface area contributed by atoms with E-state index in [0.717, 1.165) is 24.3 Å². The molecule has 1 aromatic rings. The maximum Gasteiger partial charge on any atom is 0.426 e. The van der Waals surface area contributed by atoms with Crippen LogP contribution in [0.4, 0.5) is 32.0 Å². The maximum atomic E-state index is 12.5. The summed E-state index contributed by atoms with van der Waals surface area (Å²) in [6, 6.07) is 4.50. The Labute approximate surface area is 137 Å². The molecule has 0 fully saturated rings. The fourth-order valence-corrected chi connectivity index (χ4v) is 1.70. The lowest BCUT2D eigenvalue weighted by molar-refractivity contribution is -0.366. The predicted molar refractivity (Wildman–Crippen MR) is 72.7 cm³/mol. The molecule has 25 heavy (non-hydrogen) atoms. The molecule has 0 aromatic heterocycles. The highest BCUT2D eigenvalue weighted by atomic mass is 19.4. The van der Waals surface area contributed by atoms with Crippen molar-refractivity contribution in [2.24, 2.45) is 0 Å². The molecule has 2 N–H and O–H groups in total. The summed E-state index contributed by atoms with van der Waals surface area (Å²) in [6.45, 7) is 1.67. The fourth-order valence-electron chi connectivity index (χ4n) is 1.70. The van der Waals surface area contributed by atoms with E-state index < -0.39 is 36.3 Å². The van der Waals surface area contributed by atoms with Crippen molar-refractivity contribution >= 4 is 17.6 Å². The molecule has 0 bridgehead atoms. The smallest absolute Gasteiger partial charge is 0.426 e. The van der Waals surface area contributed by atoms with Crippen molar-refractivity contribution in [1.82, 2.24) is 0 Å². The van der Waals surface area contributed by atoms with Gasteiger partial charge in [0.05, 0.1) is 18.6 Å². The van der Waals surface area contributed by atoms with E-state index in [2.05, 4.69) is 4.74 Å². The number of halogens is 6. The molecule has 1 aromatic carbocycles. The summed E-state index contributed by atoms with van der Waals surface area (Å²) in [5, 5.41) is 10.7. The number of rotatable bonds is 5. The number of anilines is 1. The lowest BCUT2D eigenvalue weighted by Crippen LogP contribution is -2.58. The van der Waals surface area contributed by atoms with Crippen LogP contribution in [-0.4, -0.2) is 41.5 Å². The van der Waals surface area contributed by atoms with Crippen molar-refractivity contribution in [3.8, 4) is 0 Å². The van der Waals surface area contributed by atoms with Crippen LogP contribution in [0.5, 0.6) is 0 Å². The minimum absolute atomic E-state index is 0.0712. The van der Waals surface area contributed by atoms with Gasteiger partial charge in [-0.05, 0) is 31.2 Å². The first-order valence-corrected chi connectivity index (χ1v) is 6.74. The number of hydrogen-bond acceptors (Lipinski definition) is 4. The molecule has 5 nitrogen and oxygen atoms in total.